The van der Waals surface area contributed by atoms with Crippen molar-refractivity contribution in [2.75, 3.05) is 5.73 Å². The molecule has 0 aliphatic rings. The molecule has 3 rings (SSSR count). The summed E-state index contributed by atoms with van der Waals surface area (Å²) in [5.74, 6) is -1.29. The van der Waals surface area contributed by atoms with Gasteiger partial charge in [-0.05, 0) is 12.1 Å². The highest BCUT2D eigenvalue weighted by Gasteiger charge is 2.33. The van der Waals surface area contributed by atoms with E-state index in [4.69, 9.17) is 16.0 Å². The van der Waals surface area contributed by atoms with Gasteiger partial charge in [0.2, 0.25) is 0 Å². The highest BCUT2D eigenvalue weighted by atomic mass is 19.4. The van der Waals surface area contributed by atoms with Crippen LogP contribution in [0.2, 0.25) is 0 Å². The Morgan fingerprint density at radius 3 is 2.59 bits per heavy atom. The molecule has 0 unspecified atom stereocenters. The van der Waals surface area contributed by atoms with Gasteiger partial charge in [-0.2, -0.15) is 13.2 Å². The number of halogens is 4. The second kappa shape index (κ2) is 8.09. The highest BCUT2D eigenvalue weighted by Crippen LogP contribution is 2.28. The topological polar surface area (TPSA) is 116 Å². The van der Waals surface area contributed by atoms with Crippen molar-refractivity contribution in [2.24, 2.45) is 10.7 Å². The lowest BCUT2D eigenvalue weighted by atomic mass is 10.2. The van der Waals surface area contributed by atoms with Crippen LogP contribution in [-0.2, 0) is 12.7 Å². The van der Waals surface area contributed by atoms with E-state index in [1.54, 1.807) is 12.1 Å². The van der Waals surface area contributed by atoms with E-state index in [1.807, 2.05) is 0 Å². The Morgan fingerprint density at radius 2 is 1.93 bits per heavy atom. The van der Waals surface area contributed by atoms with Crippen LogP contribution in [0.15, 0.2) is 58.3 Å². The van der Waals surface area contributed by atoms with Crippen molar-refractivity contribution in [2.45, 2.75) is 12.7 Å². The van der Waals surface area contributed by atoms with Crippen molar-refractivity contribution < 1.29 is 22.1 Å². The van der Waals surface area contributed by atoms with Crippen molar-refractivity contribution in [1.29, 1.82) is 0 Å². The van der Waals surface area contributed by atoms with E-state index in [0.717, 1.165) is 0 Å². The van der Waals surface area contributed by atoms with Gasteiger partial charge in [0.15, 0.2) is 11.5 Å². The monoisotopic (exact) mass is 406 g/mol. The first-order chi connectivity index (χ1) is 13.7. The highest BCUT2D eigenvalue weighted by molar-refractivity contribution is 6.10. The Kier molecular flexibility index (Phi) is 5.57. The van der Waals surface area contributed by atoms with Gasteiger partial charge < -0.3 is 16.0 Å². The fourth-order valence-corrected chi connectivity index (χ4v) is 2.29. The number of allylic oxidation sites excluding steroid dienone is 1. The summed E-state index contributed by atoms with van der Waals surface area (Å²) in [5.41, 5.74) is 10.5. The minimum Gasteiger partial charge on any atom is -0.396 e. The van der Waals surface area contributed by atoms with Crippen LogP contribution in [0.1, 0.15) is 22.8 Å². The van der Waals surface area contributed by atoms with E-state index in [0.29, 0.717) is 11.6 Å². The molecule has 4 N–H and O–H groups in total. The SMILES string of the molecule is NC(=CC(=NCc1ccccc1F)c1ccon1)c1nc(N)cc(C(F)(F)F)n1. The Hall–Kier alpha value is -3.76. The number of nitrogens with zero attached hydrogens (tertiary/aromatic N) is 4. The summed E-state index contributed by atoms with van der Waals surface area (Å²) in [6.45, 7) is -0.0652. The van der Waals surface area contributed by atoms with Crippen molar-refractivity contribution in [3.63, 3.8) is 0 Å². The molecule has 0 radical (unpaired) electrons. The molecule has 0 saturated carbocycles. The van der Waals surface area contributed by atoms with E-state index in [-0.39, 0.29) is 23.6 Å². The first kappa shape index (κ1) is 20.0. The maximum Gasteiger partial charge on any atom is 0.433 e. The zero-order valence-corrected chi connectivity index (χ0v) is 14.7. The second-order valence-electron chi connectivity index (χ2n) is 5.78. The summed E-state index contributed by atoms with van der Waals surface area (Å²) < 4.78 is 57.5. The molecule has 2 heterocycles. The lowest BCUT2D eigenvalue weighted by molar-refractivity contribution is -0.141. The minimum atomic E-state index is -4.72. The molecule has 1 aromatic carbocycles. The van der Waals surface area contributed by atoms with E-state index in [9.17, 15) is 17.6 Å². The molecule has 0 bridgehead atoms. The number of aromatic nitrogens is 3. The first-order valence-electron chi connectivity index (χ1n) is 8.12. The van der Waals surface area contributed by atoms with Gasteiger partial charge >= 0.3 is 6.18 Å². The van der Waals surface area contributed by atoms with Crippen molar-refractivity contribution >= 4 is 17.2 Å². The Bertz CT molecular complexity index is 1060. The second-order valence-corrected chi connectivity index (χ2v) is 5.78. The molecule has 0 fully saturated rings. The number of alkyl halides is 3. The molecule has 0 atom stereocenters. The smallest absolute Gasteiger partial charge is 0.396 e. The lowest BCUT2D eigenvalue weighted by Gasteiger charge is -2.09. The number of aliphatic imine (C=N–C) groups is 1. The van der Waals surface area contributed by atoms with Gasteiger partial charge in [0.25, 0.3) is 0 Å². The zero-order valence-electron chi connectivity index (χ0n) is 14.7. The van der Waals surface area contributed by atoms with Crippen LogP contribution in [-0.4, -0.2) is 20.8 Å². The predicted octanol–water partition coefficient (Wildman–Crippen LogP) is 3.19. The first-order valence-corrected chi connectivity index (χ1v) is 8.12. The molecule has 0 spiro atoms. The molecular weight excluding hydrogens is 392 g/mol. The predicted molar refractivity (Wildman–Crippen MR) is 96.8 cm³/mol. The van der Waals surface area contributed by atoms with Crippen molar-refractivity contribution in [1.82, 2.24) is 15.1 Å². The summed E-state index contributed by atoms with van der Waals surface area (Å²) in [6, 6.07) is 8.07. The van der Waals surface area contributed by atoms with Gasteiger partial charge in [-0.1, -0.05) is 23.4 Å². The maximum atomic E-state index is 13.8. The van der Waals surface area contributed by atoms with Gasteiger partial charge in [0.1, 0.15) is 23.6 Å². The molecule has 0 aliphatic carbocycles. The summed E-state index contributed by atoms with van der Waals surface area (Å²) in [7, 11) is 0. The van der Waals surface area contributed by atoms with Gasteiger partial charge in [-0.25, -0.2) is 14.4 Å². The molecule has 150 valence electrons. The fraction of sp³-hybridized carbons (Fsp3) is 0.111. The average molecular weight is 406 g/mol. The molecule has 7 nitrogen and oxygen atoms in total. The van der Waals surface area contributed by atoms with Crippen LogP contribution < -0.4 is 11.5 Å². The summed E-state index contributed by atoms with van der Waals surface area (Å²) in [4.78, 5) is 11.4. The van der Waals surface area contributed by atoms with Crippen molar-refractivity contribution in [3.05, 3.63) is 77.3 Å². The number of benzene rings is 1. The van der Waals surface area contributed by atoms with E-state index < -0.39 is 29.3 Å². The molecule has 11 heteroatoms. The van der Waals surface area contributed by atoms with Crippen LogP contribution >= 0.6 is 0 Å². The van der Waals surface area contributed by atoms with Crippen LogP contribution in [0.4, 0.5) is 23.4 Å². The minimum absolute atomic E-state index is 0.0652. The molecule has 2 aromatic heterocycles. The summed E-state index contributed by atoms with van der Waals surface area (Å²) in [6.07, 6.45) is -2.23. The van der Waals surface area contributed by atoms with Crippen LogP contribution in [0, 0.1) is 5.82 Å². The van der Waals surface area contributed by atoms with Gasteiger partial charge in [0.05, 0.1) is 18.0 Å². The summed E-state index contributed by atoms with van der Waals surface area (Å²) >= 11 is 0. The third-order valence-corrected chi connectivity index (χ3v) is 3.66. The molecular formula is C18H14F4N6O. The average Bonchev–Trinajstić information content (AvgIpc) is 3.19. The number of anilines is 1. The van der Waals surface area contributed by atoms with Crippen LogP contribution in [0.5, 0.6) is 0 Å². The number of nitrogens with two attached hydrogens (primary N) is 2. The summed E-state index contributed by atoms with van der Waals surface area (Å²) in [5, 5.41) is 3.73. The number of hydrogen-bond donors (Lipinski definition) is 2. The normalized spacial score (nSPS) is 13.0. The maximum absolute atomic E-state index is 13.8. The van der Waals surface area contributed by atoms with Crippen LogP contribution in [0.25, 0.3) is 5.70 Å². The fourth-order valence-electron chi connectivity index (χ4n) is 2.29. The number of hydrogen-bond acceptors (Lipinski definition) is 7. The van der Waals surface area contributed by atoms with Crippen molar-refractivity contribution in [3.8, 4) is 0 Å². The Labute approximate surface area is 161 Å². The van der Waals surface area contributed by atoms with Gasteiger partial charge in [0, 0.05) is 17.7 Å². The molecule has 0 aliphatic heterocycles. The van der Waals surface area contributed by atoms with E-state index in [1.165, 1.54) is 30.5 Å². The molecule has 0 amide bonds. The number of rotatable bonds is 5. The third-order valence-electron chi connectivity index (χ3n) is 3.66. The van der Waals surface area contributed by atoms with E-state index in [2.05, 4.69) is 20.1 Å². The zero-order chi connectivity index (χ0) is 21.0. The standard InChI is InChI=1S/C18H14F4N6O/c19-11-4-2-1-3-10(11)9-25-14(13-5-6-29-28-13)7-12(23)17-26-15(18(20,21)22)8-16(24)27-17/h1-8H,9,23H2,(H2,24,26,27). The quantitative estimate of drug-likeness (QED) is 0.497. The lowest BCUT2D eigenvalue weighted by Crippen LogP contribution is -2.15. The molecule has 0 saturated heterocycles. The third kappa shape index (κ3) is 4.94. The number of nitrogen functional groups attached to an aromatic ring is 1. The largest absolute Gasteiger partial charge is 0.433 e. The van der Waals surface area contributed by atoms with E-state index >= 15 is 0 Å². The molecule has 29 heavy (non-hydrogen) atoms. The Morgan fingerprint density at radius 1 is 1.17 bits per heavy atom. The van der Waals surface area contributed by atoms with Gasteiger partial charge in [-0.15, -0.1) is 0 Å². The Balaban J connectivity index is 1.99. The van der Waals surface area contributed by atoms with Gasteiger partial charge in [-0.3, -0.25) is 4.99 Å². The molecule has 3 aromatic rings. The van der Waals surface area contributed by atoms with Crippen LogP contribution in [0.3, 0.4) is 0 Å².